The number of hydrogen-bond acceptors (Lipinski definition) is 2. The Hall–Kier alpha value is -2.63. The van der Waals surface area contributed by atoms with Gasteiger partial charge in [0, 0.05) is 5.56 Å². The first-order chi connectivity index (χ1) is 10.9. The zero-order valence-corrected chi connectivity index (χ0v) is 12.6. The van der Waals surface area contributed by atoms with E-state index < -0.39 is 12.0 Å². The van der Waals surface area contributed by atoms with E-state index in [1.54, 1.807) is 49.4 Å². The van der Waals surface area contributed by atoms with Crippen LogP contribution < -0.4 is 0 Å². The lowest BCUT2D eigenvalue weighted by Gasteiger charge is -2.11. The van der Waals surface area contributed by atoms with Gasteiger partial charge in [-0.3, -0.25) is 0 Å². The summed E-state index contributed by atoms with van der Waals surface area (Å²) in [5.74, 6) is -0.969. The number of alkyl halides is 3. The van der Waals surface area contributed by atoms with Gasteiger partial charge in [0.1, 0.15) is 0 Å². The van der Waals surface area contributed by atoms with Crippen LogP contribution in [0.25, 0.3) is 17.1 Å². The molecule has 6 heteroatoms. The molecule has 0 spiro atoms. The number of benzene rings is 2. The molecule has 3 rings (SSSR count). The van der Waals surface area contributed by atoms with Crippen LogP contribution in [0.4, 0.5) is 13.2 Å². The fourth-order valence-corrected chi connectivity index (χ4v) is 2.32. The third-order valence-electron chi connectivity index (χ3n) is 3.49. The second-order valence-corrected chi connectivity index (χ2v) is 5.32. The van der Waals surface area contributed by atoms with Gasteiger partial charge in [-0.1, -0.05) is 42.5 Å². The summed E-state index contributed by atoms with van der Waals surface area (Å²) < 4.78 is 41.0. The largest absolute Gasteiger partial charge is 0.451 e. The highest BCUT2D eigenvalue weighted by Gasteiger charge is 2.39. The first-order valence-electron chi connectivity index (χ1n) is 7.03. The molecule has 0 N–H and O–H groups in total. The van der Waals surface area contributed by atoms with Gasteiger partial charge >= 0.3 is 6.18 Å². The van der Waals surface area contributed by atoms with Gasteiger partial charge in [-0.15, -0.1) is 5.10 Å². The highest BCUT2D eigenvalue weighted by molar-refractivity contribution is 5.55. The molecule has 0 fully saturated rings. The van der Waals surface area contributed by atoms with Crippen LogP contribution in [0.1, 0.15) is 17.0 Å². The van der Waals surface area contributed by atoms with Gasteiger partial charge in [-0.05, 0) is 31.0 Å². The van der Waals surface area contributed by atoms with Gasteiger partial charge in [-0.2, -0.15) is 13.2 Å². The van der Waals surface area contributed by atoms with Crippen LogP contribution >= 0.6 is 0 Å². The molecule has 0 aliphatic rings. The van der Waals surface area contributed by atoms with E-state index in [0.717, 1.165) is 10.2 Å². The summed E-state index contributed by atoms with van der Waals surface area (Å²) in [6.07, 6.45) is -4.59. The topological polar surface area (TPSA) is 30.7 Å². The van der Waals surface area contributed by atoms with E-state index in [2.05, 4.69) is 10.1 Å². The van der Waals surface area contributed by atoms with Gasteiger partial charge < -0.3 is 0 Å². The Labute approximate surface area is 131 Å². The summed E-state index contributed by atoms with van der Waals surface area (Å²) in [4.78, 5) is 3.73. The van der Waals surface area contributed by atoms with Crippen LogP contribution in [0.15, 0.2) is 48.5 Å². The maximum absolute atomic E-state index is 13.4. The minimum absolute atomic E-state index is 0.0545. The lowest BCUT2D eigenvalue weighted by molar-refractivity contribution is -0.146. The molecule has 3 nitrogen and oxygen atoms in total. The third kappa shape index (κ3) is 2.97. The van der Waals surface area contributed by atoms with Crippen molar-refractivity contribution in [3.8, 4) is 17.1 Å². The molecule has 118 valence electrons. The molecule has 1 heterocycles. The molecule has 0 atom stereocenters. The van der Waals surface area contributed by atoms with Crippen molar-refractivity contribution in [3.05, 3.63) is 65.5 Å². The molecule has 0 saturated carbocycles. The summed E-state index contributed by atoms with van der Waals surface area (Å²) in [6.45, 7) is 3.57. The van der Waals surface area contributed by atoms with Crippen molar-refractivity contribution < 1.29 is 13.2 Å². The molecule has 0 aliphatic carbocycles. The Morgan fingerprint density at radius 2 is 1.65 bits per heavy atom. The van der Waals surface area contributed by atoms with Crippen LogP contribution in [0.5, 0.6) is 0 Å². The minimum atomic E-state index is -4.59. The quantitative estimate of drug-likeness (QED) is 0.693. The number of aryl methyl sites for hydroxylation is 2. The van der Waals surface area contributed by atoms with E-state index in [4.69, 9.17) is 0 Å². The molecule has 0 bridgehead atoms. The van der Waals surface area contributed by atoms with Crippen LogP contribution in [0.3, 0.4) is 0 Å². The van der Waals surface area contributed by atoms with Gasteiger partial charge in [-0.25, -0.2) is 9.67 Å². The van der Waals surface area contributed by atoms with Crippen molar-refractivity contribution in [1.29, 1.82) is 0 Å². The molecule has 0 radical (unpaired) electrons. The predicted molar refractivity (Wildman–Crippen MR) is 81.3 cm³/mol. The Kier molecular flexibility index (Phi) is 3.67. The zero-order valence-electron chi connectivity index (χ0n) is 12.6. The minimum Gasteiger partial charge on any atom is -0.208 e. The van der Waals surface area contributed by atoms with Crippen molar-refractivity contribution in [1.82, 2.24) is 14.8 Å². The van der Waals surface area contributed by atoms with Gasteiger partial charge in [0.15, 0.2) is 5.82 Å². The molecule has 2 aromatic carbocycles. The van der Waals surface area contributed by atoms with E-state index in [9.17, 15) is 13.2 Å². The van der Waals surface area contributed by atoms with Gasteiger partial charge in [0.05, 0.1) is 5.69 Å². The Morgan fingerprint density at radius 3 is 2.30 bits per heavy atom. The molecule has 1 aromatic heterocycles. The van der Waals surface area contributed by atoms with Crippen LogP contribution in [-0.4, -0.2) is 14.8 Å². The number of nitrogens with zero attached hydrogens (tertiary/aromatic N) is 3. The fourth-order valence-electron chi connectivity index (χ4n) is 2.32. The van der Waals surface area contributed by atoms with E-state index in [0.29, 0.717) is 16.8 Å². The monoisotopic (exact) mass is 317 g/mol. The summed E-state index contributed by atoms with van der Waals surface area (Å²) in [5, 5.41) is 4.10. The van der Waals surface area contributed by atoms with Gasteiger partial charge in [0.2, 0.25) is 5.82 Å². The smallest absolute Gasteiger partial charge is 0.208 e. The van der Waals surface area contributed by atoms with Crippen LogP contribution in [-0.2, 0) is 6.18 Å². The predicted octanol–water partition coefficient (Wildman–Crippen LogP) is 4.57. The Morgan fingerprint density at radius 1 is 0.957 bits per heavy atom. The maximum atomic E-state index is 13.4. The molecule has 0 unspecified atom stereocenters. The van der Waals surface area contributed by atoms with Crippen molar-refractivity contribution in [2.24, 2.45) is 0 Å². The van der Waals surface area contributed by atoms with E-state index in [-0.39, 0.29) is 5.82 Å². The van der Waals surface area contributed by atoms with Crippen molar-refractivity contribution in [2.45, 2.75) is 20.0 Å². The Balaban J connectivity index is 2.23. The highest BCUT2D eigenvalue weighted by atomic mass is 19.4. The second-order valence-electron chi connectivity index (χ2n) is 5.32. The molecule has 0 amide bonds. The van der Waals surface area contributed by atoms with E-state index in [1.165, 1.54) is 0 Å². The second kappa shape index (κ2) is 5.53. The normalized spacial score (nSPS) is 11.7. The third-order valence-corrected chi connectivity index (χ3v) is 3.49. The molecular weight excluding hydrogens is 303 g/mol. The van der Waals surface area contributed by atoms with Crippen molar-refractivity contribution >= 4 is 0 Å². The molecule has 23 heavy (non-hydrogen) atoms. The number of rotatable bonds is 2. The fraction of sp³-hybridized carbons (Fsp3) is 0.176. The zero-order chi connectivity index (χ0) is 16.6. The van der Waals surface area contributed by atoms with Crippen LogP contribution in [0, 0.1) is 13.8 Å². The lowest BCUT2D eigenvalue weighted by Crippen LogP contribution is -2.15. The van der Waals surface area contributed by atoms with E-state index >= 15 is 0 Å². The van der Waals surface area contributed by atoms with Crippen molar-refractivity contribution in [2.75, 3.05) is 0 Å². The Bertz CT molecular complexity index is 836. The average molecular weight is 317 g/mol. The summed E-state index contributed by atoms with van der Waals surface area (Å²) >= 11 is 0. The SMILES string of the molecule is Cc1ccc(C)c(-n2nc(-c3ccccc3)nc2C(F)(F)F)c1. The molecule has 0 aliphatic heterocycles. The summed E-state index contributed by atoms with van der Waals surface area (Å²) in [6, 6.07) is 13.9. The highest BCUT2D eigenvalue weighted by Crippen LogP contribution is 2.32. The summed E-state index contributed by atoms with van der Waals surface area (Å²) in [7, 11) is 0. The molecule has 0 saturated heterocycles. The number of halogens is 3. The molecule has 3 aromatic rings. The first-order valence-corrected chi connectivity index (χ1v) is 7.03. The number of hydrogen-bond donors (Lipinski definition) is 0. The standard InChI is InChI=1S/C17H14F3N3/c1-11-8-9-12(2)14(10-11)23-16(17(18,19)20)21-15(22-23)13-6-4-3-5-7-13/h3-10H,1-2H3. The number of aromatic nitrogens is 3. The molecular formula is C17H14F3N3. The lowest BCUT2D eigenvalue weighted by atomic mass is 10.1. The summed E-state index contributed by atoms with van der Waals surface area (Å²) in [5.41, 5.74) is 2.48. The van der Waals surface area contributed by atoms with Gasteiger partial charge in [0.25, 0.3) is 0 Å². The van der Waals surface area contributed by atoms with Crippen molar-refractivity contribution in [3.63, 3.8) is 0 Å². The first kappa shape index (κ1) is 15.3. The van der Waals surface area contributed by atoms with E-state index in [1.807, 2.05) is 13.0 Å². The maximum Gasteiger partial charge on any atom is 0.451 e. The van der Waals surface area contributed by atoms with Crippen LogP contribution in [0.2, 0.25) is 0 Å². The average Bonchev–Trinajstić information content (AvgIpc) is 2.96.